The number of nitrogens with one attached hydrogen (secondary N) is 2. The molecule has 0 saturated heterocycles. The molecule has 1 heterocycles. The van der Waals surface area contributed by atoms with Gasteiger partial charge in [-0.1, -0.05) is 12.2 Å². The lowest BCUT2D eigenvalue weighted by atomic mass is 9.94. The van der Waals surface area contributed by atoms with E-state index in [1.165, 1.54) is 0 Å². The summed E-state index contributed by atoms with van der Waals surface area (Å²) < 4.78 is 0. The van der Waals surface area contributed by atoms with E-state index in [-0.39, 0.29) is 11.8 Å². The molecule has 0 aromatic carbocycles. The SMILES string of the molecule is O=C(NCc1cc[nH]c1)C1CC=CCC1. The molecule has 1 aromatic rings. The maximum absolute atomic E-state index is 11.7. The number of hydrogen-bond acceptors (Lipinski definition) is 1. The summed E-state index contributed by atoms with van der Waals surface area (Å²) >= 11 is 0. The maximum Gasteiger partial charge on any atom is 0.223 e. The van der Waals surface area contributed by atoms with Crippen LogP contribution in [0.1, 0.15) is 24.8 Å². The van der Waals surface area contributed by atoms with Crippen LogP contribution in [-0.4, -0.2) is 10.9 Å². The van der Waals surface area contributed by atoms with Crippen molar-refractivity contribution in [2.24, 2.45) is 5.92 Å². The van der Waals surface area contributed by atoms with E-state index in [0.717, 1.165) is 24.8 Å². The number of allylic oxidation sites excluding steroid dienone is 2. The number of aromatic nitrogens is 1. The lowest BCUT2D eigenvalue weighted by molar-refractivity contribution is -0.125. The highest BCUT2D eigenvalue weighted by atomic mass is 16.1. The highest BCUT2D eigenvalue weighted by Crippen LogP contribution is 2.18. The molecule has 80 valence electrons. The van der Waals surface area contributed by atoms with Crippen LogP contribution in [0, 0.1) is 5.92 Å². The van der Waals surface area contributed by atoms with Crippen molar-refractivity contribution in [2.45, 2.75) is 25.8 Å². The Bertz CT molecular complexity index is 341. The van der Waals surface area contributed by atoms with Gasteiger partial charge in [-0.15, -0.1) is 0 Å². The van der Waals surface area contributed by atoms with Crippen LogP contribution in [0.4, 0.5) is 0 Å². The van der Waals surface area contributed by atoms with Crippen molar-refractivity contribution >= 4 is 5.91 Å². The number of rotatable bonds is 3. The summed E-state index contributed by atoms with van der Waals surface area (Å²) in [7, 11) is 0. The van der Waals surface area contributed by atoms with Crippen LogP contribution >= 0.6 is 0 Å². The zero-order valence-electron chi connectivity index (χ0n) is 8.70. The average Bonchev–Trinajstić information content (AvgIpc) is 2.80. The van der Waals surface area contributed by atoms with Crippen LogP contribution < -0.4 is 5.32 Å². The van der Waals surface area contributed by atoms with Gasteiger partial charge >= 0.3 is 0 Å². The normalized spacial score (nSPS) is 20.1. The summed E-state index contributed by atoms with van der Waals surface area (Å²) in [6.07, 6.45) is 10.9. The second-order valence-corrected chi connectivity index (χ2v) is 3.92. The molecule has 0 aliphatic heterocycles. The fraction of sp³-hybridized carbons (Fsp3) is 0.417. The molecular weight excluding hydrogens is 188 g/mol. The standard InChI is InChI=1S/C12H16N2O/c15-12(11-4-2-1-3-5-11)14-9-10-6-7-13-8-10/h1-2,6-8,11,13H,3-5,9H2,(H,14,15). The minimum absolute atomic E-state index is 0.175. The van der Waals surface area contributed by atoms with Gasteiger partial charge in [-0.2, -0.15) is 0 Å². The fourth-order valence-corrected chi connectivity index (χ4v) is 1.83. The van der Waals surface area contributed by atoms with Crippen LogP contribution in [-0.2, 0) is 11.3 Å². The Labute approximate surface area is 89.6 Å². The molecule has 1 amide bonds. The molecule has 1 atom stereocenters. The lowest BCUT2D eigenvalue weighted by Gasteiger charge is -2.16. The second kappa shape index (κ2) is 4.82. The van der Waals surface area contributed by atoms with Gasteiger partial charge in [0.25, 0.3) is 0 Å². The molecule has 1 aliphatic carbocycles. The molecule has 1 unspecified atom stereocenters. The number of hydrogen-bond donors (Lipinski definition) is 2. The van der Waals surface area contributed by atoms with Crippen LogP contribution in [0.3, 0.4) is 0 Å². The van der Waals surface area contributed by atoms with E-state index >= 15 is 0 Å². The summed E-state index contributed by atoms with van der Waals surface area (Å²) in [5.74, 6) is 0.356. The Morgan fingerprint density at radius 1 is 1.53 bits per heavy atom. The monoisotopic (exact) mass is 204 g/mol. The van der Waals surface area contributed by atoms with Crippen LogP contribution in [0.15, 0.2) is 30.6 Å². The van der Waals surface area contributed by atoms with E-state index in [2.05, 4.69) is 22.5 Å². The maximum atomic E-state index is 11.7. The molecule has 0 saturated carbocycles. The van der Waals surface area contributed by atoms with Gasteiger partial charge in [0.1, 0.15) is 0 Å². The van der Waals surface area contributed by atoms with Gasteiger partial charge in [0.2, 0.25) is 5.91 Å². The number of aromatic amines is 1. The number of H-pyrrole nitrogens is 1. The van der Waals surface area contributed by atoms with Crippen molar-refractivity contribution in [1.82, 2.24) is 10.3 Å². The van der Waals surface area contributed by atoms with Gasteiger partial charge in [0.05, 0.1) is 0 Å². The van der Waals surface area contributed by atoms with Gasteiger partial charge in [0, 0.05) is 24.9 Å². The van der Waals surface area contributed by atoms with E-state index in [1.807, 2.05) is 18.5 Å². The molecule has 0 fully saturated rings. The highest BCUT2D eigenvalue weighted by molar-refractivity contribution is 5.78. The first-order valence-electron chi connectivity index (χ1n) is 5.40. The third-order valence-electron chi connectivity index (χ3n) is 2.77. The third kappa shape index (κ3) is 2.72. The van der Waals surface area contributed by atoms with E-state index in [4.69, 9.17) is 0 Å². The average molecular weight is 204 g/mol. The van der Waals surface area contributed by atoms with Gasteiger partial charge < -0.3 is 10.3 Å². The molecular formula is C12H16N2O. The zero-order valence-corrected chi connectivity index (χ0v) is 8.70. The van der Waals surface area contributed by atoms with Gasteiger partial charge in [-0.3, -0.25) is 4.79 Å². The highest BCUT2D eigenvalue weighted by Gasteiger charge is 2.17. The zero-order chi connectivity index (χ0) is 10.5. The summed E-state index contributed by atoms with van der Waals surface area (Å²) in [5.41, 5.74) is 1.12. The van der Waals surface area contributed by atoms with Gasteiger partial charge in [-0.25, -0.2) is 0 Å². The molecule has 1 aromatic heterocycles. The molecule has 0 bridgehead atoms. The summed E-state index contributed by atoms with van der Waals surface area (Å²) in [4.78, 5) is 14.7. The van der Waals surface area contributed by atoms with Crippen molar-refractivity contribution in [1.29, 1.82) is 0 Å². The quantitative estimate of drug-likeness (QED) is 0.727. The Balaban J connectivity index is 1.79. The molecule has 2 rings (SSSR count). The van der Waals surface area contributed by atoms with Crippen molar-refractivity contribution in [3.8, 4) is 0 Å². The molecule has 1 aliphatic rings. The minimum Gasteiger partial charge on any atom is -0.367 e. The van der Waals surface area contributed by atoms with Gasteiger partial charge in [0.15, 0.2) is 0 Å². The summed E-state index contributed by atoms with van der Waals surface area (Å²) in [5, 5.41) is 2.96. The fourth-order valence-electron chi connectivity index (χ4n) is 1.83. The number of carbonyl (C=O) groups is 1. The van der Waals surface area contributed by atoms with Crippen molar-refractivity contribution in [3.05, 3.63) is 36.2 Å². The smallest absolute Gasteiger partial charge is 0.223 e. The predicted octanol–water partition coefficient (Wildman–Crippen LogP) is 1.99. The van der Waals surface area contributed by atoms with Crippen molar-refractivity contribution in [3.63, 3.8) is 0 Å². The molecule has 0 spiro atoms. The molecule has 2 N–H and O–H groups in total. The third-order valence-corrected chi connectivity index (χ3v) is 2.77. The first-order valence-corrected chi connectivity index (χ1v) is 5.40. The van der Waals surface area contributed by atoms with Crippen LogP contribution in [0.25, 0.3) is 0 Å². The Hall–Kier alpha value is -1.51. The Morgan fingerprint density at radius 2 is 2.47 bits per heavy atom. The first kappa shape index (κ1) is 10.0. The van der Waals surface area contributed by atoms with Crippen LogP contribution in [0.5, 0.6) is 0 Å². The summed E-state index contributed by atoms with van der Waals surface area (Å²) in [6, 6.07) is 1.97. The van der Waals surface area contributed by atoms with Crippen molar-refractivity contribution in [2.75, 3.05) is 0 Å². The first-order chi connectivity index (χ1) is 7.36. The predicted molar refractivity (Wildman–Crippen MR) is 59.1 cm³/mol. The topological polar surface area (TPSA) is 44.9 Å². The molecule has 0 radical (unpaired) electrons. The summed E-state index contributed by atoms with van der Waals surface area (Å²) in [6.45, 7) is 0.628. The van der Waals surface area contributed by atoms with Crippen molar-refractivity contribution < 1.29 is 4.79 Å². The lowest BCUT2D eigenvalue weighted by Crippen LogP contribution is -2.30. The Kier molecular flexibility index (Phi) is 3.22. The second-order valence-electron chi connectivity index (χ2n) is 3.92. The number of amides is 1. The van der Waals surface area contributed by atoms with E-state index in [1.54, 1.807) is 0 Å². The minimum atomic E-state index is 0.175. The van der Waals surface area contributed by atoms with Gasteiger partial charge in [-0.05, 0) is 30.9 Å². The number of carbonyl (C=O) groups excluding carboxylic acids is 1. The molecule has 15 heavy (non-hydrogen) atoms. The van der Waals surface area contributed by atoms with E-state index in [9.17, 15) is 4.79 Å². The van der Waals surface area contributed by atoms with E-state index < -0.39 is 0 Å². The largest absolute Gasteiger partial charge is 0.367 e. The van der Waals surface area contributed by atoms with Crippen LogP contribution in [0.2, 0.25) is 0 Å². The van der Waals surface area contributed by atoms with E-state index in [0.29, 0.717) is 6.54 Å². The Morgan fingerprint density at radius 3 is 3.13 bits per heavy atom. The molecule has 3 nitrogen and oxygen atoms in total. The molecule has 3 heteroatoms.